The Morgan fingerprint density at radius 2 is 1.06 bits per heavy atom. The Morgan fingerprint density at radius 3 is 1.28 bits per heavy atom. The van der Waals surface area contributed by atoms with Crippen LogP contribution in [-0.4, -0.2) is 48.6 Å². The maximum atomic E-state index is 9.23. The molecule has 0 aromatic heterocycles. The van der Waals surface area contributed by atoms with Gasteiger partial charge in [-0.1, -0.05) is 27.7 Å². The van der Waals surface area contributed by atoms with Gasteiger partial charge in [0.2, 0.25) is 0 Å². The highest BCUT2D eigenvalue weighted by Gasteiger charge is 2.10. The molecule has 0 radical (unpaired) electrons. The largest absolute Gasteiger partial charge is 0.395 e. The third-order valence-electron chi connectivity index (χ3n) is 2.94. The smallest absolute Gasteiger partial charge is 0.0584 e. The SMILES string of the molecule is CC(C)C[C@@H](CO)NCCN[C@@H](CO)CC(C)C. The molecule has 0 spiro atoms. The third kappa shape index (κ3) is 9.83. The Balaban J connectivity index is 3.68. The molecule has 4 nitrogen and oxygen atoms in total. The lowest BCUT2D eigenvalue weighted by Gasteiger charge is -2.21. The van der Waals surface area contributed by atoms with Gasteiger partial charge in [0.25, 0.3) is 0 Å². The maximum Gasteiger partial charge on any atom is 0.0584 e. The van der Waals surface area contributed by atoms with Crippen LogP contribution in [0, 0.1) is 11.8 Å². The molecule has 0 aromatic carbocycles. The highest BCUT2D eigenvalue weighted by molar-refractivity contribution is 4.71. The minimum Gasteiger partial charge on any atom is -0.395 e. The summed E-state index contributed by atoms with van der Waals surface area (Å²) >= 11 is 0. The van der Waals surface area contributed by atoms with Gasteiger partial charge in [-0.25, -0.2) is 0 Å². The van der Waals surface area contributed by atoms with Crippen molar-refractivity contribution in [3.8, 4) is 0 Å². The maximum absolute atomic E-state index is 9.23. The Kier molecular flexibility index (Phi) is 10.6. The van der Waals surface area contributed by atoms with Gasteiger partial charge in [0, 0.05) is 25.2 Å². The highest BCUT2D eigenvalue weighted by atomic mass is 16.3. The van der Waals surface area contributed by atoms with Gasteiger partial charge in [-0.15, -0.1) is 0 Å². The van der Waals surface area contributed by atoms with Crippen LogP contribution in [0.2, 0.25) is 0 Å². The number of aliphatic hydroxyl groups is 2. The summed E-state index contributed by atoms with van der Waals surface area (Å²) in [5.74, 6) is 1.18. The van der Waals surface area contributed by atoms with Crippen LogP contribution in [0.15, 0.2) is 0 Å². The summed E-state index contributed by atoms with van der Waals surface area (Å²) in [7, 11) is 0. The van der Waals surface area contributed by atoms with Gasteiger partial charge < -0.3 is 20.8 Å². The Hall–Kier alpha value is -0.160. The van der Waals surface area contributed by atoms with E-state index in [9.17, 15) is 10.2 Å². The first-order valence-electron chi connectivity index (χ1n) is 7.18. The van der Waals surface area contributed by atoms with E-state index in [1.54, 1.807) is 0 Å². The average molecular weight is 260 g/mol. The fourth-order valence-corrected chi connectivity index (χ4v) is 2.14. The van der Waals surface area contributed by atoms with Crippen molar-refractivity contribution in [2.75, 3.05) is 26.3 Å². The molecule has 0 aliphatic carbocycles. The molecule has 0 aliphatic rings. The fourth-order valence-electron chi connectivity index (χ4n) is 2.14. The lowest BCUT2D eigenvalue weighted by atomic mass is 10.0. The van der Waals surface area contributed by atoms with E-state index in [1.165, 1.54) is 0 Å². The van der Waals surface area contributed by atoms with Crippen LogP contribution in [0.1, 0.15) is 40.5 Å². The second-order valence-corrected chi connectivity index (χ2v) is 5.93. The third-order valence-corrected chi connectivity index (χ3v) is 2.94. The van der Waals surface area contributed by atoms with Crippen LogP contribution in [0.25, 0.3) is 0 Å². The minimum absolute atomic E-state index is 0.185. The van der Waals surface area contributed by atoms with Crippen LogP contribution in [0.4, 0.5) is 0 Å². The zero-order valence-electron chi connectivity index (χ0n) is 12.4. The van der Waals surface area contributed by atoms with E-state index in [0.29, 0.717) is 11.8 Å². The van der Waals surface area contributed by atoms with Gasteiger partial charge in [-0.3, -0.25) is 0 Å². The van der Waals surface area contributed by atoms with E-state index in [4.69, 9.17) is 0 Å². The molecule has 4 N–H and O–H groups in total. The van der Waals surface area contributed by atoms with Gasteiger partial charge in [0.1, 0.15) is 0 Å². The molecule has 2 atom stereocenters. The number of aliphatic hydroxyl groups excluding tert-OH is 2. The molecule has 18 heavy (non-hydrogen) atoms. The predicted molar refractivity (Wildman–Crippen MR) is 76.7 cm³/mol. The zero-order chi connectivity index (χ0) is 14.0. The average Bonchev–Trinajstić information content (AvgIpc) is 2.30. The molecule has 0 amide bonds. The summed E-state index contributed by atoms with van der Waals surface area (Å²) in [6.07, 6.45) is 1.98. The Labute approximate surface area is 112 Å². The highest BCUT2D eigenvalue weighted by Crippen LogP contribution is 2.04. The first-order valence-corrected chi connectivity index (χ1v) is 7.18. The Morgan fingerprint density at radius 1 is 0.722 bits per heavy atom. The standard InChI is InChI=1S/C14H32N2O2/c1-11(2)7-13(9-17)15-5-6-16-14(10-18)8-12(3)4/h11-18H,5-10H2,1-4H3/t13-,14+. The van der Waals surface area contributed by atoms with Crippen LogP contribution in [0.5, 0.6) is 0 Å². The van der Waals surface area contributed by atoms with Gasteiger partial charge in [-0.05, 0) is 24.7 Å². The molecular weight excluding hydrogens is 228 g/mol. The molecule has 0 saturated heterocycles. The van der Waals surface area contributed by atoms with Crippen LogP contribution >= 0.6 is 0 Å². The van der Waals surface area contributed by atoms with Crippen molar-refractivity contribution in [2.24, 2.45) is 11.8 Å². The lowest BCUT2D eigenvalue weighted by Crippen LogP contribution is -2.42. The molecule has 0 aliphatic heterocycles. The van der Waals surface area contributed by atoms with Gasteiger partial charge in [0.05, 0.1) is 13.2 Å². The summed E-state index contributed by atoms with van der Waals surface area (Å²) in [6.45, 7) is 10.7. The Bertz CT molecular complexity index is 167. The number of rotatable bonds is 11. The van der Waals surface area contributed by atoms with E-state index >= 15 is 0 Å². The molecule has 0 unspecified atom stereocenters. The predicted octanol–water partition coefficient (Wildman–Crippen LogP) is 0.980. The quantitative estimate of drug-likeness (QED) is 0.418. The van der Waals surface area contributed by atoms with E-state index in [1.807, 2.05) is 0 Å². The van der Waals surface area contributed by atoms with Crippen LogP contribution < -0.4 is 10.6 Å². The van der Waals surface area contributed by atoms with Crippen molar-refractivity contribution >= 4 is 0 Å². The number of hydrogen-bond acceptors (Lipinski definition) is 4. The van der Waals surface area contributed by atoms with Crippen molar-refractivity contribution in [2.45, 2.75) is 52.6 Å². The minimum atomic E-state index is 0.185. The molecule has 4 heteroatoms. The topological polar surface area (TPSA) is 64.5 Å². The molecule has 0 bridgehead atoms. The van der Waals surface area contributed by atoms with Gasteiger partial charge in [-0.2, -0.15) is 0 Å². The molecular formula is C14H32N2O2. The van der Waals surface area contributed by atoms with E-state index in [0.717, 1.165) is 25.9 Å². The monoisotopic (exact) mass is 260 g/mol. The summed E-state index contributed by atoms with van der Waals surface area (Å²) in [5.41, 5.74) is 0. The molecule has 0 aromatic rings. The molecule has 0 heterocycles. The summed E-state index contributed by atoms with van der Waals surface area (Å²) in [5, 5.41) is 25.1. The molecule has 0 fully saturated rings. The number of nitrogens with one attached hydrogen (secondary N) is 2. The summed E-state index contributed by atoms with van der Waals surface area (Å²) in [4.78, 5) is 0. The molecule has 0 saturated carbocycles. The second kappa shape index (κ2) is 10.7. The second-order valence-electron chi connectivity index (χ2n) is 5.93. The van der Waals surface area contributed by atoms with E-state index < -0.39 is 0 Å². The van der Waals surface area contributed by atoms with Gasteiger partial charge >= 0.3 is 0 Å². The first-order chi connectivity index (χ1) is 8.49. The van der Waals surface area contributed by atoms with Crippen molar-refractivity contribution in [1.29, 1.82) is 0 Å². The first kappa shape index (κ1) is 17.8. The summed E-state index contributed by atoms with van der Waals surface area (Å²) in [6, 6.07) is 0.369. The summed E-state index contributed by atoms with van der Waals surface area (Å²) < 4.78 is 0. The lowest BCUT2D eigenvalue weighted by molar-refractivity contribution is 0.214. The van der Waals surface area contributed by atoms with Crippen LogP contribution in [0.3, 0.4) is 0 Å². The molecule has 110 valence electrons. The fraction of sp³-hybridized carbons (Fsp3) is 1.00. The number of hydrogen-bond donors (Lipinski definition) is 4. The normalized spacial score (nSPS) is 15.3. The van der Waals surface area contributed by atoms with Gasteiger partial charge in [0.15, 0.2) is 0 Å². The zero-order valence-corrected chi connectivity index (χ0v) is 12.4. The van der Waals surface area contributed by atoms with Crippen molar-refractivity contribution in [3.63, 3.8) is 0 Å². The van der Waals surface area contributed by atoms with Crippen molar-refractivity contribution in [3.05, 3.63) is 0 Å². The van der Waals surface area contributed by atoms with E-state index in [2.05, 4.69) is 38.3 Å². The van der Waals surface area contributed by atoms with Crippen LogP contribution in [-0.2, 0) is 0 Å². The van der Waals surface area contributed by atoms with Crippen molar-refractivity contribution in [1.82, 2.24) is 10.6 Å². The molecule has 0 rings (SSSR count). The van der Waals surface area contributed by atoms with Crippen molar-refractivity contribution < 1.29 is 10.2 Å². The van der Waals surface area contributed by atoms with E-state index in [-0.39, 0.29) is 25.3 Å².